The SMILES string of the molecule is NC(=O)[C@@H](Cc1cccc2ccccc12)NC(=O)Cc1cc(C(F)(F)F)cc(C(F)(F)F)c1. The third-order valence-corrected chi connectivity index (χ3v) is 4.99. The van der Waals surface area contributed by atoms with Gasteiger partial charge < -0.3 is 11.1 Å². The van der Waals surface area contributed by atoms with Crippen LogP contribution in [0.3, 0.4) is 0 Å². The van der Waals surface area contributed by atoms with Crippen molar-refractivity contribution in [1.82, 2.24) is 5.32 Å². The number of benzene rings is 3. The lowest BCUT2D eigenvalue weighted by atomic mass is 9.98. The number of nitrogens with two attached hydrogens (primary N) is 1. The number of hydrogen-bond donors (Lipinski definition) is 2. The van der Waals surface area contributed by atoms with Gasteiger partial charge in [-0.1, -0.05) is 42.5 Å². The van der Waals surface area contributed by atoms with Crippen molar-refractivity contribution in [3.05, 3.63) is 82.9 Å². The maximum absolute atomic E-state index is 13.0. The minimum atomic E-state index is -5.03. The molecule has 0 aliphatic carbocycles. The van der Waals surface area contributed by atoms with Gasteiger partial charge in [0.2, 0.25) is 11.8 Å². The molecule has 0 spiro atoms. The van der Waals surface area contributed by atoms with E-state index in [1.54, 1.807) is 18.2 Å². The highest BCUT2D eigenvalue weighted by Gasteiger charge is 2.37. The van der Waals surface area contributed by atoms with Crippen molar-refractivity contribution in [2.75, 3.05) is 0 Å². The van der Waals surface area contributed by atoms with E-state index < -0.39 is 53.3 Å². The summed E-state index contributed by atoms with van der Waals surface area (Å²) < 4.78 is 78.2. The minimum absolute atomic E-state index is 0.00117. The summed E-state index contributed by atoms with van der Waals surface area (Å²) in [6.07, 6.45) is -10.9. The Bertz CT molecular complexity index is 1150. The van der Waals surface area contributed by atoms with Gasteiger partial charge in [0.15, 0.2) is 0 Å². The van der Waals surface area contributed by atoms with Gasteiger partial charge in [0.1, 0.15) is 6.04 Å². The van der Waals surface area contributed by atoms with Crippen molar-refractivity contribution < 1.29 is 35.9 Å². The smallest absolute Gasteiger partial charge is 0.368 e. The Labute approximate surface area is 184 Å². The topological polar surface area (TPSA) is 72.2 Å². The molecule has 0 bridgehead atoms. The van der Waals surface area contributed by atoms with Crippen LogP contribution in [0.5, 0.6) is 0 Å². The lowest BCUT2D eigenvalue weighted by Crippen LogP contribution is -2.46. The number of amides is 2. The molecule has 0 heterocycles. The molecule has 174 valence electrons. The van der Waals surface area contributed by atoms with Gasteiger partial charge >= 0.3 is 12.4 Å². The van der Waals surface area contributed by atoms with Crippen LogP contribution >= 0.6 is 0 Å². The summed E-state index contributed by atoms with van der Waals surface area (Å²) in [6, 6.07) is 12.3. The van der Waals surface area contributed by atoms with Crippen molar-refractivity contribution in [3.63, 3.8) is 0 Å². The highest BCUT2D eigenvalue weighted by molar-refractivity contribution is 5.90. The summed E-state index contributed by atoms with van der Waals surface area (Å²) in [5.41, 5.74) is 2.52. The van der Waals surface area contributed by atoms with Crippen molar-refractivity contribution in [1.29, 1.82) is 0 Å². The first-order valence-electron chi connectivity index (χ1n) is 9.68. The van der Waals surface area contributed by atoms with Crippen LogP contribution in [0, 0.1) is 0 Å². The molecule has 10 heteroatoms. The van der Waals surface area contributed by atoms with Gasteiger partial charge in [-0.3, -0.25) is 9.59 Å². The van der Waals surface area contributed by atoms with E-state index in [-0.39, 0.29) is 12.5 Å². The molecular formula is C23H18F6N2O2. The summed E-state index contributed by atoms with van der Waals surface area (Å²) in [5, 5.41) is 4.01. The zero-order valence-corrected chi connectivity index (χ0v) is 16.9. The third kappa shape index (κ3) is 6.03. The summed E-state index contributed by atoms with van der Waals surface area (Å²) >= 11 is 0. The number of fused-ring (bicyclic) bond motifs is 1. The third-order valence-electron chi connectivity index (χ3n) is 4.99. The van der Waals surface area contributed by atoms with Crippen LogP contribution in [0.1, 0.15) is 22.3 Å². The van der Waals surface area contributed by atoms with Gasteiger partial charge in [-0.2, -0.15) is 26.3 Å². The Morgan fingerprint density at radius 2 is 1.42 bits per heavy atom. The van der Waals surface area contributed by atoms with E-state index in [0.717, 1.165) is 10.8 Å². The molecular weight excluding hydrogens is 450 g/mol. The Balaban J connectivity index is 1.82. The molecule has 0 unspecified atom stereocenters. The molecule has 0 saturated carbocycles. The van der Waals surface area contributed by atoms with E-state index in [0.29, 0.717) is 17.7 Å². The number of alkyl halides is 6. The van der Waals surface area contributed by atoms with Gasteiger partial charge in [-0.05, 0) is 40.1 Å². The van der Waals surface area contributed by atoms with E-state index in [9.17, 15) is 35.9 Å². The van der Waals surface area contributed by atoms with Gasteiger partial charge in [0, 0.05) is 6.42 Å². The quantitative estimate of drug-likeness (QED) is 0.518. The van der Waals surface area contributed by atoms with Crippen LogP contribution in [-0.4, -0.2) is 17.9 Å². The van der Waals surface area contributed by atoms with E-state index in [4.69, 9.17) is 5.73 Å². The fourth-order valence-corrected chi connectivity index (χ4v) is 3.47. The summed E-state index contributed by atoms with van der Waals surface area (Å²) in [7, 11) is 0. The predicted molar refractivity (Wildman–Crippen MR) is 109 cm³/mol. The van der Waals surface area contributed by atoms with Crippen LogP contribution in [0.2, 0.25) is 0 Å². The molecule has 0 aromatic heterocycles. The zero-order valence-electron chi connectivity index (χ0n) is 16.9. The first-order valence-corrected chi connectivity index (χ1v) is 9.68. The average molecular weight is 468 g/mol. The molecule has 2 amide bonds. The monoisotopic (exact) mass is 468 g/mol. The first kappa shape index (κ1) is 24.1. The fraction of sp³-hybridized carbons (Fsp3) is 0.217. The summed E-state index contributed by atoms with van der Waals surface area (Å²) in [6.45, 7) is 0. The van der Waals surface area contributed by atoms with Crippen LogP contribution in [0.25, 0.3) is 10.8 Å². The molecule has 33 heavy (non-hydrogen) atoms. The Kier molecular flexibility index (Phi) is 6.66. The molecule has 3 rings (SSSR count). The molecule has 3 aromatic carbocycles. The Morgan fingerprint density at radius 3 is 2.00 bits per heavy atom. The number of primary amides is 1. The number of hydrogen-bond acceptors (Lipinski definition) is 2. The van der Waals surface area contributed by atoms with E-state index in [2.05, 4.69) is 5.32 Å². The number of carbonyl (C=O) groups excluding carboxylic acids is 2. The molecule has 0 fully saturated rings. The lowest BCUT2D eigenvalue weighted by Gasteiger charge is -2.18. The maximum atomic E-state index is 13.0. The second-order valence-corrected chi connectivity index (χ2v) is 7.46. The Hall–Kier alpha value is -3.56. The number of halogens is 6. The number of rotatable bonds is 6. The number of carbonyl (C=O) groups is 2. The molecule has 1 atom stereocenters. The summed E-state index contributed by atoms with van der Waals surface area (Å²) in [4.78, 5) is 24.3. The summed E-state index contributed by atoms with van der Waals surface area (Å²) in [5.74, 6) is -1.83. The van der Waals surface area contributed by atoms with Crippen molar-refractivity contribution in [3.8, 4) is 0 Å². The molecule has 3 aromatic rings. The molecule has 0 aliphatic heterocycles. The Morgan fingerprint density at radius 1 is 0.848 bits per heavy atom. The molecule has 0 saturated heterocycles. The lowest BCUT2D eigenvalue weighted by molar-refractivity contribution is -0.143. The van der Waals surface area contributed by atoms with Gasteiger partial charge in [0.25, 0.3) is 0 Å². The van der Waals surface area contributed by atoms with Crippen LogP contribution in [-0.2, 0) is 34.8 Å². The fourth-order valence-electron chi connectivity index (χ4n) is 3.47. The maximum Gasteiger partial charge on any atom is 0.416 e. The first-order chi connectivity index (χ1) is 15.3. The molecule has 0 radical (unpaired) electrons. The van der Waals surface area contributed by atoms with E-state index in [1.807, 2.05) is 24.3 Å². The highest BCUT2D eigenvalue weighted by atomic mass is 19.4. The molecule has 4 nitrogen and oxygen atoms in total. The largest absolute Gasteiger partial charge is 0.416 e. The number of nitrogens with one attached hydrogen (secondary N) is 1. The minimum Gasteiger partial charge on any atom is -0.368 e. The molecule has 3 N–H and O–H groups in total. The van der Waals surface area contributed by atoms with E-state index in [1.165, 1.54) is 0 Å². The van der Waals surface area contributed by atoms with Crippen molar-refractivity contribution in [2.24, 2.45) is 5.73 Å². The zero-order chi connectivity index (χ0) is 24.4. The van der Waals surface area contributed by atoms with Crippen LogP contribution in [0.15, 0.2) is 60.7 Å². The van der Waals surface area contributed by atoms with Gasteiger partial charge in [-0.15, -0.1) is 0 Å². The van der Waals surface area contributed by atoms with Crippen LogP contribution < -0.4 is 11.1 Å². The van der Waals surface area contributed by atoms with Crippen LogP contribution in [0.4, 0.5) is 26.3 Å². The van der Waals surface area contributed by atoms with Crippen molar-refractivity contribution in [2.45, 2.75) is 31.2 Å². The standard InChI is InChI=1S/C23H18F6N2O2/c24-22(25,26)16-8-13(9-17(12-16)23(27,28)29)10-20(32)31-19(21(30)33)11-15-6-3-5-14-4-1-2-7-18(14)15/h1-9,12,19H,10-11H2,(H2,30,33)(H,31,32)/t19-/m1/s1. The second kappa shape index (κ2) is 9.13. The normalized spacial score (nSPS) is 13.0. The second-order valence-electron chi connectivity index (χ2n) is 7.46. The highest BCUT2D eigenvalue weighted by Crippen LogP contribution is 2.36. The van der Waals surface area contributed by atoms with Gasteiger partial charge in [0.05, 0.1) is 17.5 Å². The van der Waals surface area contributed by atoms with E-state index >= 15 is 0 Å². The predicted octanol–water partition coefficient (Wildman–Crippen LogP) is 4.63. The van der Waals surface area contributed by atoms with Crippen molar-refractivity contribution >= 4 is 22.6 Å². The molecule has 0 aliphatic rings. The average Bonchev–Trinajstić information content (AvgIpc) is 2.72. The van der Waals surface area contributed by atoms with Gasteiger partial charge in [-0.25, -0.2) is 0 Å².